The molecule has 0 aliphatic carbocycles. The van der Waals surface area contributed by atoms with Crippen molar-refractivity contribution in [3.05, 3.63) is 0 Å². The number of hydrogen-bond donors (Lipinski definition) is 3. The van der Waals surface area contributed by atoms with Gasteiger partial charge in [-0.25, -0.2) is 0 Å². The van der Waals surface area contributed by atoms with Crippen LogP contribution in [0.15, 0.2) is 0 Å². The van der Waals surface area contributed by atoms with E-state index in [0.717, 1.165) is 19.4 Å². The van der Waals surface area contributed by atoms with Crippen LogP contribution in [-0.4, -0.2) is 36.1 Å². The van der Waals surface area contributed by atoms with E-state index >= 15 is 0 Å². The molecule has 98 valence electrons. The second kappa shape index (κ2) is 6.00. The molecule has 1 heterocycles. The summed E-state index contributed by atoms with van der Waals surface area (Å²) in [6.07, 6.45) is 2.89. The van der Waals surface area contributed by atoms with Crippen molar-refractivity contribution in [3.63, 3.8) is 0 Å². The average Bonchev–Trinajstić information content (AvgIpc) is 2.84. The molecule has 0 radical (unpaired) electrons. The van der Waals surface area contributed by atoms with Gasteiger partial charge in [-0.2, -0.15) is 0 Å². The zero-order valence-electron chi connectivity index (χ0n) is 10.6. The smallest absolute Gasteiger partial charge is 0.311 e. The summed E-state index contributed by atoms with van der Waals surface area (Å²) in [6, 6.07) is -0.143. The molecule has 0 unspecified atom stereocenters. The van der Waals surface area contributed by atoms with Crippen molar-refractivity contribution in [2.45, 2.75) is 45.6 Å². The fraction of sp³-hybridized carbons (Fsp3) is 0.833. The van der Waals surface area contributed by atoms with Gasteiger partial charge in [-0.1, -0.05) is 13.8 Å². The summed E-state index contributed by atoms with van der Waals surface area (Å²) in [4.78, 5) is 23.0. The first-order chi connectivity index (χ1) is 8.05. The third kappa shape index (κ3) is 3.19. The normalized spacial score (nSPS) is 20.2. The molecule has 1 aliphatic rings. The van der Waals surface area contributed by atoms with Crippen molar-refractivity contribution < 1.29 is 14.7 Å². The van der Waals surface area contributed by atoms with Crippen LogP contribution in [0, 0.1) is 5.41 Å². The van der Waals surface area contributed by atoms with Gasteiger partial charge in [0.25, 0.3) is 0 Å². The van der Waals surface area contributed by atoms with Gasteiger partial charge in [0, 0.05) is 6.54 Å². The van der Waals surface area contributed by atoms with Crippen molar-refractivity contribution in [3.8, 4) is 0 Å². The van der Waals surface area contributed by atoms with E-state index in [0.29, 0.717) is 12.8 Å². The van der Waals surface area contributed by atoms with E-state index < -0.39 is 11.4 Å². The molecule has 17 heavy (non-hydrogen) atoms. The van der Waals surface area contributed by atoms with E-state index in [-0.39, 0.29) is 18.5 Å². The number of carbonyl (C=O) groups is 2. The van der Waals surface area contributed by atoms with E-state index in [1.165, 1.54) is 0 Å². The maximum atomic E-state index is 11.8. The summed E-state index contributed by atoms with van der Waals surface area (Å²) in [7, 11) is 0. The third-order valence-electron chi connectivity index (χ3n) is 3.79. The van der Waals surface area contributed by atoms with Gasteiger partial charge in [0.15, 0.2) is 0 Å². The molecule has 1 amide bonds. The molecule has 0 saturated carbocycles. The monoisotopic (exact) mass is 242 g/mol. The Labute approximate surface area is 102 Å². The van der Waals surface area contributed by atoms with Crippen LogP contribution in [-0.2, 0) is 9.59 Å². The van der Waals surface area contributed by atoms with Crippen molar-refractivity contribution >= 4 is 11.9 Å². The van der Waals surface area contributed by atoms with E-state index in [1.807, 2.05) is 13.8 Å². The Morgan fingerprint density at radius 1 is 1.41 bits per heavy atom. The van der Waals surface area contributed by atoms with Gasteiger partial charge in [-0.15, -0.1) is 0 Å². The standard InChI is InChI=1S/C12H22N2O3/c1-3-12(4-2,11(16)17)8-14-10(15)9-6-5-7-13-9/h9,13H,3-8H2,1-2H3,(H,14,15)(H,16,17)/t9-/m0/s1. The van der Waals surface area contributed by atoms with Crippen LogP contribution in [0.25, 0.3) is 0 Å². The Morgan fingerprint density at radius 2 is 2.06 bits per heavy atom. The number of carboxylic acids is 1. The molecular weight excluding hydrogens is 220 g/mol. The number of carbonyl (C=O) groups excluding carboxylic acids is 1. The maximum absolute atomic E-state index is 11.8. The highest BCUT2D eigenvalue weighted by atomic mass is 16.4. The third-order valence-corrected chi connectivity index (χ3v) is 3.79. The molecule has 1 atom stereocenters. The Morgan fingerprint density at radius 3 is 2.47 bits per heavy atom. The minimum Gasteiger partial charge on any atom is -0.481 e. The van der Waals surface area contributed by atoms with Crippen molar-refractivity contribution in [2.24, 2.45) is 5.41 Å². The molecule has 0 aromatic rings. The van der Waals surface area contributed by atoms with Gasteiger partial charge in [0.05, 0.1) is 11.5 Å². The Hall–Kier alpha value is -1.10. The summed E-state index contributed by atoms with van der Waals surface area (Å²) < 4.78 is 0. The highest BCUT2D eigenvalue weighted by molar-refractivity contribution is 5.83. The van der Waals surface area contributed by atoms with Crippen LogP contribution in [0.1, 0.15) is 39.5 Å². The van der Waals surface area contributed by atoms with Gasteiger partial charge in [0.1, 0.15) is 0 Å². The fourth-order valence-corrected chi connectivity index (χ4v) is 2.17. The minimum atomic E-state index is -0.831. The van der Waals surface area contributed by atoms with E-state index in [1.54, 1.807) is 0 Å². The first-order valence-corrected chi connectivity index (χ1v) is 6.30. The highest BCUT2D eigenvalue weighted by Gasteiger charge is 2.35. The molecule has 0 spiro atoms. The number of nitrogens with one attached hydrogen (secondary N) is 2. The van der Waals surface area contributed by atoms with Gasteiger partial charge < -0.3 is 15.7 Å². The lowest BCUT2D eigenvalue weighted by Crippen LogP contribution is -2.47. The molecule has 1 fully saturated rings. The molecule has 0 bridgehead atoms. The second-order valence-corrected chi connectivity index (χ2v) is 4.66. The predicted molar refractivity (Wildman–Crippen MR) is 64.7 cm³/mol. The van der Waals surface area contributed by atoms with Crippen molar-refractivity contribution in [1.29, 1.82) is 0 Å². The van der Waals surface area contributed by atoms with Crippen LogP contribution in [0.4, 0.5) is 0 Å². The minimum absolute atomic E-state index is 0.0741. The number of carboxylic acid groups (broad SMARTS) is 1. The zero-order chi connectivity index (χ0) is 12.9. The lowest BCUT2D eigenvalue weighted by molar-refractivity contribution is -0.149. The van der Waals surface area contributed by atoms with Crippen LogP contribution >= 0.6 is 0 Å². The van der Waals surface area contributed by atoms with E-state index in [4.69, 9.17) is 0 Å². The SMILES string of the molecule is CCC(CC)(CNC(=O)[C@@H]1CCCN1)C(=O)O. The van der Waals surface area contributed by atoms with E-state index in [9.17, 15) is 14.7 Å². The van der Waals surface area contributed by atoms with E-state index in [2.05, 4.69) is 10.6 Å². The lowest BCUT2D eigenvalue weighted by atomic mass is 9.82. The molecule has 0 aromatic carbocycles. The van der Waals surface area contributed by atoms with Crippen molar-refractivity contribution in [1.82, 2.24) is 10.6 Å². The quantitative estimate of drug-likeness (QED) is 0.642. The largest absolute Gasteiger partial charge is 0.481 e. The van der Waals surface area contributed by atoms with Crippen molar-refractivity contribution in [2.75, 3.05) is 13.1 Å². The molecule has 3 N–H and O–H groups in total. The maximum Gasteiger partial charge on any atom is 0.311 e. The summed E-state index contributed by atoms with van der Waals surface area (Å²) in [6.45, 7) is 4.77. The number of rotatable bonds is 6. The van der Waals surface area contributed by atoms with Crippen LogP contribution in [0.3, 0.4) is 0 Å². The van der Waals surface area contributed by atoms with Crippen LogP contribution < -0.4 is 10.6 Å². The van der Waals surface area contributed by atoms with Gasteiger partial charge in [0.2, 0.25) is 5.91 Å². The molecule has 5 heteroatoms. The molecule has 1 rings (SSSR count). The Balaban J connectivity index is 2.51. The van der Waals surface area contributed by atoms with Crippen LogP contribution in [0.5, 0.6) is 0 Å². The van der Waals surface area contributed by atoms with Gasteiger partial charge in [-0.05, 0) is 32.2 Å². The summed E-state index contributed by atoms with van der Waals surface area (Å²) in [5.41, 5.74) is -0.825. The summed E-state index contributed by atoms with van der Waals surface area (Å²) in [5, 5.41) is 15.1. The number of amides is 1. The first-order valence-electron chi connectivity index (χ1n) is 6.30. The summed E-state index contributed by atoms with van der Waals surface area (Å²) in [5.74, 6) is -0.905. The average molecular weight is 242 g/mol. The topological polar surface area (TPSA) is 78.4 Å². The van der Waals surface area contributed by atoms with Crippen LogP contribution in [0.2, 0.25) is 0 Å². The summed E-state index contributed by atoms with van der Waals surface area (Å²) >= 11 is 0. The fourth-order valence-electron chi connectivity index (χ4n) is 2.17. The second-order valence-electron chi connectivity index (χ2n) is 4.66. The number of hydrogen-bond acceptors (Lipinski definition) is 3. The molecule has 0 aromatic heterocycles. The molecule has 5 nitrogen and oxygen atoms in total. The Bertz CT molecular complexity index is 281. The lowest BCUT2D eigenvalue weighted by Gasteiger charge is -2.27. The zero-order valence-corrected chi connectivity index (χ0v) is 10.6. The molecule has 1 aliphatic heterocycles. The molecule has 1 saturated heterocycles. The van der Waals surface area contributed by atoms with Gasteiger partial charge >= 0.3 is 5.97 Å². The highest BCUT2D eigenvalue weighted by Crippen LogP contribution is 2.25. The molecular formula is C12H22N2O3. The first kappa shape index (κ1) is 14.0. The predicted octanol–water partition coefficient (Wildman–Crippen LogP) is 0.746. The van der Waals surface area contributed by atoms with Gasteiger partial charge in [-0.3, -0.25) is 9.59 Å². The number of aliphatic carboxylic acids is 1. The Kier molecular flexibility index (Phi) is 4.93.